The van der Waals surface area contributed by atoms with Crippen LogP contribution in [0.1, 0.15) is 28.1 Å². The smallest absolute Gasteiger partial charge is 0.287 e. The second-order valence-electron chi connectivity index (χ2n) is 4.64. The second-order valence-corrected chi connectivity index (χ2v) is 4.64. The van der Waals surface area contributed by atoms with Gasteiger partial charge in [-0.1, -0.05) is 12.1 Å². The molecular weight excluding hydrogens is 254 g/mol. The summed E-state index contributed by atoms with van der Waals surface area (Å²) in [6, 6.07) is 9.74. The van der Waals surface area contributed by atoms with Crippen LogP contribution in [0.15, 0.2) is 41.0 Å². The van der Waals surface area contributed by atoms with Crippen molar-refractivity contribution in [2.75, 3.05) is 13.7 Å². The van der Waals surface area contributed by atoms with Gasteiger partial charge < -0.3 is 14.5 Å². The highest BCUT2D eigenvalue weighted by atomic mass is 16.5. The molecular formula is C16H19NO3. The molecule has 0 aliphatic rings. The lowest BCUT2D eigenvalue weighted by Crippen LogP contribution is -2.24. The fourth-order valence-electron chi connectivity index (χ4n) is 2.01. The molecule has 2 aromatic rings. The Bertz CT molecular complexity index is 575. The van der Waals surface area contributed by atoms with Crippen molar-refractivity contribution < 1.29 is 13.9 Å². The summed E-state index contributed by atoms with van der Waals surface area (Å²) in [4.78, 5) is 11.8. The average Bonchev–Trinajstić information content (AvgIpc) is 2.90. The van der Waals surface area contributed by atoms with Crippen molar-refractivity contribution in [2.45, 2.75) is 19.8 Å². The van der Waals surface area contributed by atoms with Gasteiger partial charge in [-0.15, -0.1) is 0 Å². The van der Waals surface area contributed by atoms with Crippen LogP contribution in [0.3, 0.4) is 0 Å². The zero-order valence-electron chi connectivity index (χ0n) is 11.8. The van der Waals surface area contributed by atoms with Crippen molar-refractivity contribution in [3.8, 4) is 5.75 Å². The number of hydrogen-bond donors (Lipinski definition) is 1. The number of ether oxygens (including phenoxy) is 1. The Morgan fingerprint density at radius 3 is 2.90 bits per heavy atom. The maximum Gasteiger partial charge on any atom is 0.287 e. The van der Waals surface area contributed by atoms with Gasteiger partial charge >= 0.3 is 0 Å². The highest BCUT2D eigenvalue weighted by Gasteiger charge is 2.11. The summed E-state index contributed by atoms with van der Waals surface area (Å²) in [6.07, 6.45) is 3.30. The molecule has 0 fully saturated rings. The minimum Gasteiger partial charge on any atom is -0.497 e. The molecule has 106 valence electrons. The maximum atomic E-state index is 11.8. The standard InChI is InChI=1S/C16H19NO3/c1-12-8-10-20-15(12)16(18)17-9-4-6-13-5-3-7-14(11-13)19-2/h3,5,7-8,10-11H,4,6,9H2,1-2H3,(H,17,18). The number of benzene rings is 1. The predicted octanol–water partition coefficient (Wildman–Crippen LogP) is 2.96. The monoisotopic (exact) mass is 273 g/mol. The highest BCUT2D eigenvalue weighted by Crippen LogP contribution is 2.13. The molecule has 0 saturated carbocycles. The lowest BCUT2D eigenvalue weighted by atomic mass is 10.1. The molecule has 0 radical (unpaired) electrons. The topological polar surface area (TPSA) is 51.5 Å². The zero-order chi connectivity index (χ0) is 14.4. The van der Waals surface area contributed by atoms with Crippen LogP contribution in [0.4, 0.5) is 0 Å². The van der Waals surface area contributed by atoms with Crippen molar-refractivity contribution in [2.24, 2.45) is 0 Å². The lowest BCUT2D eigenvalue weighted by Gasteiger charge is -2.06. The van der Waals surface area contributed by atoms with E-state index in [1.165, 1.54) is 11.8 Å². The number of rotatable bonds is 6. The lowest BCUT2D eigenvalue weighted by molar-refractivity contribution is 0.0924. The van der Waals surface area contributed by atoms with E-state index in [2.05, 4.69) is 11.4 Å². The van der Waals surface area contributed by atoms with Crippen LogP contribution in [0.2, 0.25) is 0 Å². The van der Waals surface area contributed by atoms with Crippen molar-refractivity contribution >= 4 is 5.91 Å². The molecule has 0 saturated heterocycles. The largest absolute Gasteiger partial charge is 0.497 e. The molecule has 1 heterocycles. The number of carbonyl (C=O) groups is 1. The summed E-state index contributed by atoms with van der Waals surface area (Å²) >= 11 is 0. The average molecular weight is 273 g/mol. The van der Waals surface area contributed by atoms with E-state index in [9.17, 15) is 4.79 Å². The third-order valence-corrected chi connectivity index (χ3v) is 3.13. The van der Waals surface area contributed by atoms with Crippen molar-refractivity contribution in [3.63, 3.8) is 0 Å². The number of hydrogen-bond acceptors (Lipinski definition) is 3. The molecule has 1 aromatic heterocycles. The van der Waals surface area contributed by atoms with Crippen LogP contribution in [0, 0.1) is 6.92 Å². The molecule has 4 nitrogen and oxygen atoms in total. The molecule has 0 aliphatic heterocycles. The molecule has 4 heteroatoms. The summed E-state index contributed by atoms with van der Waals surface area (Å²) in [5, 5.41) is 2.86. The van der Waals surface area contributed by atoms with Crippen molar-refractivity contribution in [1.82, 2.24) is 5.32 Å². The molecule has 0 bridgehead atoms. The van der Waals surface area contributed by atoms with Gasteiger partial charge in [-0.2, -0.15) is 0 Å². The fraction of sp³-hybridized carbons (Fsp3) is 0.312. The normalized spacial score (nSPS) is 10.3. The van der Waals surface area contributed by atoms with E-state index in [0.717, 1.165) is 24.2 Å². The third-order valence-electron chi connectivity index (χ3n) is 3.13. The van der Waals surface area contributed by atoms with Crippen LogP contribution in [-0.2, 0) is 6.42 Å². The summed E-state index contributed by atoms with van der Waals surface area (Å²) < 4.78 is 10.3. The molecule has 1 amide bonds. The summed E-state index contributed by atoms with van der Waals surface area (Å²) in [5.74, 6) is 1.10. The fourth-order valence-corrected chi connectivity index (χ4v) is 2.01. The van der Waals surface area contributed by atoms with Gasteiger partial charge in [0, 0.05) is 12.1 Å². The quantitative estimate of drug-likeness (QED) is 0.823. The number of methoxy groups -OCH3 is 1. The van der Waals surface area contributed by atoms with E-state index in [4.69, 9.17) is 9.15 Å². The Balaban J connectivity index is 1.76. The van der Waals surface area contributed by atoms with E-state index in [-0.39, 0.29) is 5.91 Å². The van der Waals surface area contributed by atoms with Crippen LogP contribution >= 0.6 is 0 Å². The van der Waals surface area contributed by atoms with Gasteiger partial charge in [-0.25, -0.2) is 0 Å². The maximum absolute atomic E-state index is 11.8. The van der Waals surface area contributed by atoms with Crippen LogP contribution in [-0.4, -0.2) is 19.6 Å². The van der Waals surface area contributed by atoms with E-state index < -0.39 is 0 Å². The zero-order valence-corrected chi connectivity index (χ0v) is 11.8. The van der Waals surface area contributed by atoms with E-state index >= 15 is 0 Å². The van der Waals surface area contributed by atoms with E-state index in [0.29, 0.717) is 12.3 Å². The molecule has 20 heavy (non-hydrogen) atoms. The van der Waals surface area contributed by atoms with Gasteiger partial charge in [0.1, 0.15) is 5.75 Å². The van der Waals surface area contributed by atoms with Gasteiger partial charge in [-0.3, -0.25) is 4.79 Å². The molecule has 2 rings (SSSR count). The SMILES string of the molecule is COc1cccc(CCCNC(=O)c2occc2C)c1. The molecule has 0 unspecified atom stereocenters. The number of furan rings is 1. The third kappa shape index (κ3) is 3.63. The minimum atomic E-state index is -0.154. The first-order valence-electron chi connectivity index (χ1n) is 6.66. The van der Waals surface area contributed by atoms with Gasteiger partial charge in [0.05, 0.1) is 13.4 Å². The van der Waals surface area contributed by atoms with Crippen LogP contribution < -0.4 is 10.1 Å². The van der Waals surface area contributed by atoms with E-state index in [1.807, 2.05) is 25.1 Å². The molecule has 0 atom stereocenters. The number of carbonyl (C=O) groups excluding carboxylic acids is 1. The van der Waals surface area contributed by atoms with Crippen LogP contribution in [0.5, 0.6) is 5.75 Å². The van der Waals surface area contributed by atoms with Gasteiger partial charge in [0.25, 0.3) is 5.91 Å². The summed E-state index contributed by atoms with van der Waals surface area (Å²) in [6.45, 7) is 2.48. The van der Waals surface area contributed by atoms with Gasteiger partial charge in [-0.05, 0) is 43.5 Å². The number of amides is 1. The predicted molar refractivity (Wildman–Crippen MR) is 77.1 cm³/mol. The highest BCUT2D eigenvalue weighted by molar-refractivity contribution is 5.92. The van der Waals surface area contributed by atoms with Crippen LogP contribution in [0.25, 0.3) is 0 Å². The molecule has 0 spiro atoms. The first kappa shape index (κ1) is 14.2. The molecule has 0 aliphatic carbocycles. The first-order chi connectivity index (χ1) is 9.70. The number of aryl methyl sites for hydroxylation is 2. The Morgan fingerprint density at radius 2 is 2.20 bits per heavy atom. The Hall–Kier alpha value is -2.23. The molecule has 1 aromatic carbocycles. The number of nitrogens with one attached hydrogen (secondary N) is 1. The Kier molecular flexibility index (Phi) is 4.82. The molecule has 1 N–H and O–H groups in total. The summed E-state index contributed by atoms with van der Waals surface area (Å²) in [7, 11) is 1.66. The summed E-state index contributed by atoms with van der Waals surface area (Å²) in [5.41, 5.74) is 2.06. The van der Waals surface area contributed by atoms with Crippen molar-refractivity contribution in [1.29, 1.82) is 0 Å². The van der Waals surface area contributed by atoms with Crippen molar-refractivity contribution in [3.05, 3.63) is 53.5 Å². The minimum absolute atomic E-state index is 0.154. The van der Waals surface area contributed by atoms with Gasteiger partial charge in [0.15, 0.2) is 5.76 Å². The first-order valence-corrected chi connectivity index (χ1v) is 6.66. The van der Waals surface area contributed by atoms with Gasteiger partial charge in [0.2, 0.25) is 0 Å². The van der Waals surface area contributed by atoms with E-state index in [1.54, 1.807) is 13.2 Å². The Labute approximate surface area is 118 Å². The second kappa shape index (κ2) is 6.80. The Morgan fingerprint density at radius 1 is 1.35 bits per heavy atom.